The minimum atomic E-state index is 0.0753. The number of rotatable bonds is 6. The van der Waals surface area contributed by atoms with Crippen molar-refractivity contribution < 1.29 is 9.59 Å². The molecule has 1 heterocycles. The summed E-state index contributed by atoms with van der Waals surface area (Å²) in [5.41, 5.74) is 2.26. The van der Waals surface area contributed by atoms with Gasteiger partial charge in [0.15, 0.2) is 0 Å². The summed E-state index contributed by atoms with van der Waals surface area (Å²) in [5, 5.41) is 2.89. The van der Waals surface area contributed by atoms with Gasteiger partial charge in [0, 0.05) is 32.7 Å². The van der Waals surface area contributed by atoms with Crippen molar-refractivity contribution in [3.63, 3.8) is 0 Å². The van der Waals surface area contributed by atoms with E-state index >= 15 is 0 Å². The van der Waals surface area contributed by atoms with Crippen LogP contribution in [0.3, 0.4) is 0 Å². The monoisotopic (exact) mass is 317 g/mol. The highest BCUT2D eigenvalue weighted by Gasteiger charge is 2.22. The first-order valence-corrected chi connectivity index (χ1v) is 8.41. The average molecular weight is 317 g/mol. The molecule has 1 aromatic rings. The minimum absolute atomic E-state index is 0.0753. The van der Waals surface area contributed by atoms with Crippen molar-refractivity contribution in [2.24, 2.45) is 0 Å². The van der Waals surface area contributed by atoms with Gasteiger partial charge in [-0.25, -0.2) is 0 Å². The number of benzene rings is 1. The second-order valence-electron chi connectivity index (χ2n) is 6.17. The van der Waals surface area contributed by atoms with Gasteiger partial charge >= 0.3 is 0 Å². The highest BCUT2D eigenvalue weighted by Crippen LogP contribution is 2.08. The van der Waals surface area contributed by atoms with E-state index in [4.69, 9.17) is 0 Å². The highest BCUT2D eigenvalue weighted by molar-refractivity contribution is 5.79. The van der Waals surface area contributed by atoms with Gasteiger partial charge in [-0.05, 0) is 18.9 Å². The van der Waals surface area contributed by atoms with Crippen LogP contribution in [-0.4, -0.2) is 60.9 Å². The van der Waals surface area contributed by atoms with Gasteiger partial charge in [-0.1, -0.05) is 36.8 Å². The van der Waals surface area contributed by atoms with Crippen molar-refractivity contribution in [3.05, 3.63) is 35.4 Å². The van der Waals surface area contributed by atoms with Gasteiger partial charge in [0.1, 0.15) is 0 Å². The minimum Gasteiger partial charge on any atom is -0.355 e. The van der Waals surface area contributed by atoms with Crippen LogP contribution in [0.25, 0.3) is 0 Å². The number of carbonyl (C=O) groups excluding carboxylic acids is 2. The topological polar surface area (TPSA) is 52.7 Å². The Kier molecular flexibility index (Phi) is 6.59. The van der Waals surface area contributed by atoms with E-state index in [1.165, 1.54) is 5.56 Å². The Hall–Kier alpha value is -1.88. The molecule has 1 aliphatic rings. The van der Waals surface area contributed by atoms with Crippen LogP contribution in [0.2, 0.25) is 0 Å². The summed E-state index contributed by atoms with van der Waals surface area (Å²) < 4.78 is 0. The Balaban J connectivity index is 1.74. The molecule has 23 heavy (non-hydrogen) atoms. The van der Waals surface area contributed by atoms with Crippen molar-refractivity contribution in [2.45, 2.75) is 26.7 Å². The number of hydrogen-bond donors (Lipinski definition) is 1. The molecule has 5 nitrogen and oxygen atoms in total. The van der Waals surface area contributed by atoms with Crippen molar-refractivity contribution >= 4 is 11.8 Å². The zero-order valence-electron chi connectivity index (χ0n) is 14.2. The summed E-state index contributed by atoms with van der Waals surface area (Å²) in [6.45, 7) is 8.17. The van der Waals surface area contributed by atoms with Gasteiger partial charge in [-0.15, -0.1) is 0 Å². The largest absolute Gasteiger partial charge is 0.355 e. The molecule has 1 N–H and O–H groups in total. The van der Waals surface area contributed by atoms with E-state index in [9.17, 15) is 9.59 Å². The first-order chi connectivity index (χ1) is 11.1. The van der Waals surface area contributed by atoms with Crippen LogP contribution in [0.5, 0.6) is 0 Å². The second-order valence-corrected chi connectivity index (χ2v) is 6.17. The third-order valence-corrected chi connectivity index (χ3v) is 4.14. The molecule has 0 aliphatic carbocycles. The zero-order valence-corrected chi connectivity index (χ0v) is 14.2. The lowest BCUT2D eigenvalue weighted by Crippen LogP contribution is -2.51. The third kappa shape index (κ3) is 5.67. The molecule has 2 amide bonds. The van der Waals surface area contributed by atoms with Crippen molar-refractivity contribution in [2.75, 3.05) is 39.3 Å². The number of carbonyl (C=O) groups is 2. The van der Waals surface area contributed by atoms with Crippen LogP contribution < -0.4 is 5.32 Å². The van der Waals surface area contributed by atoms with Crippen LogP contribution in [0, 0.1) is 6.92 Å². The van der Waals surface area contributed by atoms with Crippen molar-refractivity contribution in [1.29, 1.82) is 0 Å². The SMILES string of the molecule is CCCNC(=O)CN1CCN(C(=O)Cc2ccc(C)cc2)CC1. The number of piperazine rings is 1. The fourth-order valence-corrected chi connectivity index (χ4v) is 2.67. The molecule has 2 rings (SSSR count). The van der Waals surface area contributed by atoms with Crippen LogP contribution in [0.15, 0.2) is 24.3 Å². The summed E-state index contributed by atoms with van der Waals surface area (Å²) in [7, 11) is 0. The molecule has 0 spiro atoms. The Morgan fingerprint density at radius 3 is 2.35 bits per heavy atom. The number of nitrogens with one attached hydrogen (secondary N) is 1. The summed E-state index contributed by atoms with van der Waals surface area (Å²) in [6.07, 6.45) is 1.41. The summed E-state index contributed by atoms with van der Waals surface area (Å²) in [6, 6.07) is 8.11. The molecule has 0 radical (unpaired) electrons. The molecule has 5 heteroatoms. The van der Waals surface area contributed by atoms with E-state index in [0.29, 0.717) is 26.1 Å². The molecule has 126 valence electrons. The molecular formula is C18H27N3O2. The number of aryl methyl sites for hydroxylation is 1. The summed E-state index contributed by atoms with van der Waals surface area (Å²) in [4.78, 5) is 28.1. The fourth-order valence-electron chi connectivity index (χ4n) is 2.67. The molecule has 0 aromatic heterocycles. The summed E-state index contributed by atoms with van der Waals surface area (Å²) in [5.74, 6) is 0.246. The number of amides is 2. The molecule has 0 bridgehead atoms. The third-order valence-electron chi connectivity index (χ3n) is 4.14. The van der Waals surface area contributed by atoms with Gasteiger partial charge in [0.25, 0.3) is 0 Å². The standard InChI is InChI=1S/C18H27N3O2/c1-3-8-19-17(22)14-20-9-11-21(12-10-20)18(23)13-16-6-4-15(2)5-7-16/h4-7H,3,8-14H2,1-2H3,(H,19,22). The van der Waals surface area contributed by atoms with Gasteiger partial charge < -0.3 is 10.2 Å². The quantitative estimate of drug-likeness (QED) is 0.858. The van der Waals surface area contributed by atoms with E-state index < -0.39 is 0 Å². The maximum absolute atomic E-state index is 12.4. The van der Waals surface area contributed by atoms with Crippen LogP contribution >= 0.6 is 0 Å². The summed E-state index contributed by atoms with van der Waals surface area (Å²) >= 11 is 0. The van der Waals surface area contributed by atoms with E-state index in [2.05, 4.69) is 10.2 Å². The molecule has 0 atom stereocenters. The Bertz CT molecular complexity index is 520. The molecule has 1 aromatic carbocycles. The molecule has 1 saturated heterocycles. The molecule has 0 unspecified atom stereocenters. The van der Waals surface area contributed by atoms with Crippen LogP contribution in [0.4, 0.5) is 0 Å². The lowest BCUT2D eigenvalue weighted by molar-refractivity contribution is -0.132. The lowest BCUT2D eigenvalue weighted by atomic mass is 10.1. The first kappa shape index (κ1) is 17.5. The number of hydrogen-bond acceptors (Lipinski definition) is 3. The fraction of sp³-hybridized carbons (Fsp3) is 0.556. The highest BCUT2D eigenvalue weighted by atomic mass is 16.2. The molecule has 1 fully saturated rings. The smallest absolute Gasteiger partial charge is 0.234 e. The average Bonchev–Trinajstić information content (AvgIpc) is 2.55. The molecule has 1 aliphatic heterocycles. The molecular weight excluding hydrogens is 290 g/mol. The van der Waals surface area contributed by atoms with Crippen LogP contribution in [-0.2, 0) is 16.0 Å². The van der Waals surface area contributed by atoms with Gasteiger partial charge in [-0.3, -0.25) is 14.5 Å². The Morgan fingerprint density at radius 1 is 1.09 bits per heavy atom. The predicted molar refractivity (Wildman–Crippen MR) is 91.2 cm³/mol. The van der Waals surface area contributed by atoms with Gasteiger partial charge in [0.2, 0.25) is 11.8 Å². The predicted octanol–water partition coefficient (Wildman–Crippen LogP) is 1.21. The maximum Gasteiger partial charge on any atom is 0.234 e. The lowest BCUT2D eigenvalue weighted by Gasteiger charge is -2.34. The Morgan fingerprint density at radius 2 is 1.74 bits per heavy atom. The molecule has 0 saturated carbocycles. The zero-order chi connectivity index (χ0) is 16.7. The van der Waals surface area contributed by atoms with E-state index in [1.54, 1.807) is 0 Å². The van der Waals surface area contributed by atoms with Crippen LogP contribution in [0.1, 0.15) is 24.5 Å². The van der Waals surface area contributed by atoms with Gasteiger partial charge in [-0.2, -0.15) is 0 Å². The van der Waals surface area contributed by atoms with Crippen molar-refractivity contribution in [3.8, 4) is 0 Å². The van der Waals surface area contributed by atoms with E-state index in [1.807, 2.05) is 43.0 Å². The maximum atomic E-state index is 12.4. The normalized spacial score (nSPS) is 15.5. The number of nitrogens with zero attached hydrogens (tertiary/aromatic N) is 2. The first-order valence-electron chi connectivity index (χ1n) is 8.41. The second kappa shape index (κ2) is 8.67. The van der Waals surface area contributed by atoms with E-state index in [-0.39, 0.29) is 11.8 Å². The van der Waals surface area contributed by atoms with Crippen molar-refractivity contribution in [1.82, 2.24) is 15.1 Å². The van der Waals surface area contributed by atoms with Gasteiger partial charge in [0.05, 0.1) is 13.0 Å². The Labute approximate surface area is 138 Å². The van der Waals surface area contributed by atoms with E-state index in [0.717, 1.165) is 31.6 Å².